The maximum absolute atomic E-state index is 11.4. The van der Waals surface area contributed by atoms with E-state index >= 15 is 0 Å². The second-order valence-electron chi connectivity index (χ2n) is 6.58. The third-order valence-corrected chi connectivity index (χ3v) is 4.86. The van der Waals surface area contributed by atoms with Crippen LogP contribution in [0.4, 0.5) is 0 Å². The van der Waals surface area contributed by atoms with Gasteiger partial charge < -0.3 is 10.2 Å². The molecule has 3 nitrogen and oxygen atoms in total. The number of carbonyl (C=O) groups excluding carboxylic acids is 1. The van der Waals surface area contributed by atoms with Crippen molar-refractivity contribution in [1.82, 2.24) is 10.2 Å². The predicted octanol–water partition coefficient (Wildman–Crippen LogP) is 2.96. The lowest BCUT2D eigenvalue weighted by atomic mass is 9.93. The second kappa shape index (κ2) is 6.61. The van der Waals surface area contributed by atoms with E-state index in [4.69, 9.17) is 0 Å². The van der Waals surface area contributed by atoms with E-state index in [1.165, 1.54) is 22.3 Å². The summed E-state index contributed by atoms with van der Waals surface area (Å²) >= 11 is 0. The highest BCUT2D eigenvalue weighted by Gasteiger charge is 2.26. The van der Waals surface area contributed by atoms with E-state index in [0.717, 1.165) is 26.1 Å². The Bertz CT molecular complexity index is 524. The zero-order valence-electron chi connectivity index (χ0n) is 14.0. The molecule has 0 aromatic heterocycles. The Labute approximate surface area is 128 Å². The smallest absolute Gasteiger partial charge is 0.219 e. The summed E-state index contributed by atoms with van der Waals surface area (Å²) in [7, 11) is 0. The first-order chi connectivity index (χ1) is 9.88. The number of amides is 1. The highest BCUT2D eigenvalue weighted by Crippen LogP contribution is 2.19. The first-order valence-electron chi connectivity index (χ1n) is 7.94. The van der Waals surface area contributed by atoms with E-state index < -0.39 is 0 Å². The molecule has 0 radical (unpaired) electrons. The highest BCUT2D eigenvalue weighted by atomic mass is 16.2. The van der Waals surface area contributed by atoms with Crippen LogP contribution >= 0.6 is 0 Å². The SMILES string of the molecule is CC(=O)N1CCC(NCc2cc(C)c(C)cc2C)C(C)C1. The fraction of sp³-hybridized carbons (Fsp3) is 0.611. The van der Waals surface area contributed by atoms with E-state index in [2.05, 4.69) is 45.1 Å². The molecule has 1 aromatic rings. The van der Waals surface area contributed by atoms with Gasteiger partial charge in [-0.05, 0) is 55.4 Å². The molecule has 116 valence electrons. The Morgan fingerprint density at radius 1 is 1.24 bits per heavy atom. The van der Waals surface area contributed by atoms with Gasteiger partial charge in [0.2, 0.25) is 5.91 Å². The lowest BCUT2D eigenvalue weighted by Crippen LogP contribution is -2.49. The molecular formula is C18H28N2O. The lowest BCUT2D eigenvalue weighted by Gasteiger charge is -2.37. The molecule has 0 bridgehead atoms. The molecule has 0 aliphatic carbocycles. The largest absolute Gasteiger partial charge is 0.343 e. The van der Waals surface area contributed by atoms with Crippen LogP contribution in [0.1, 0.15) is 42.5 Å². The average Bonchev–Trinajstić information content (AvgIpc) is 2.42. The number of carbonyl (C=O) groups is 1. The molecule has 1 saturated heterocycles. The molecule has 21 heavy (non-hydrogen) atoms. The van der Waals surface area contributed by atoms with Crippen LogP contribution in [0.15, 0.2) is 12.1 Å². The second-order valence-corrected chi connectivity index (χ2v) is 6.58. The minimum atomic E-state index is 0.199. The number of aryl methyl sites for hydroxylation is 3. The van der Waals surface area contributed by atoms with Crippen LogP contribution in [0.3, 0.4) is 0 Å². The molecule has 2 unspecified atom stereocenters. The number of likely N-dealkylation sites (tertiary alicyclic amines) is 1. The van der Waals surface area contributed by atoms with Gasteiger partial charge in [0, 0.05) is 32.6 Å². The van der Waals surface area contributed by atoms with Crippen LogP contribution in [-0.2, 0) is 11.3 Å². The normalized spacial score (nSPS) is 22.4. The van der Waals surface area contributed by atoms with Crippen molar-refractivity contribution in [3.05, 3.63) is 34.4 Å². The predicted molar refractivity (Wildman–Crippen MR) is 87.3 cm³/mol. The van der Waals surface area contributed by atoms with Gasteiger partial charge in [0.25, 0.3) is 0 Å². The number of nitrogens with zero attached hydrogens (tertiary/aromatic N) is 1. The van der Waals surface area contributed by atoms with Crippen LogP contribution < -0.4 is 5.32 Å². The van der Waals surface area contributed by atoms with Crippen molar-refractivity contribution in [3.8, 4) is 0 Å². The standard InChI is InChI=1S/C18H28N2O/c1-12-8-14(3)17(9-13(12)2)10-19-18-6-7-20(16(5)21)11-15(18)4/h8-9,15,18-19H,6-7,10-11H2,1-5H3. The molecule has 1 N–H and O–H groups in total. The number of piperidine rings is 1. The van der Waals surface area contributed by atoms with Gasteiger partial charge in [-0.2, -0.15) is 0 Å². The van der Waals surface area contributed by atoms with E-state index in [9.17, 15) is 4.79 Å². The van der Waals surface area contributed by atoms with Gasteiger partial charge in [0.1, 0.15) is 0 Å². The zero-order chi connectivity index (χ0) is 15.6. The van der Waals surface area contributed by atoms with Crippen LogP contribution in [0, 0.1) is 26.7 Å². The summed E-state index contributed by atoms with van der Waals surface area (Å²) in [6.45, 7) is 13.1. The fourth-order valence-corrected chi connectivity index (χ4v) is 3.19. The molecule has 3 heteroatoms. The third-order valence-electron chi connectivity index (χ3n) is 4.86. The molecule has 1 heterocycles. The third kappa shape index (κ3) is 3.85. The van der Waals surface area contributed by atoms with Crippen molar-refractivity contribution in [2.45, 2.75) is 53.6 Å². The summed E-state index contributed by atoms with van der Waals surface area (Å²) < 4.78 is 0. The van der Waals surface area contributed by atoms with Crippen LogP contribution in [0.25, 0.3) is 0 Å². The maximum Gasteiger partial charge on any atom is 0.219 e. The molecule has 1 fully saturated rings. The summed E-state index contributed by atoms with van der Waals surface area (Å²) in [5, 5.41) is 3.70. The monoisotopic (exact) mass is 288 g/mol. The molecule has 1 aliphatic heterocycles. The quantitative estimate of drug-likeness (QED) is 0.927. The molecule has 1 amide bonds. The minimum Gasteiger partial charge on any atom is -0.343 e. The summed E-state index contributed by atoms with van der Waals surface area (Å²) in [6.07, 6.45) is 1.05. The van der Waals surface area contributed by atoms with Crippen molar-refractivity contribution in [3.63, 3.8) is 0 Å². The maximum atomic E-state index is 11.4. The summed E-state index contributed by atoms with van der Waals surface area (Å²) in [5.41, 5.74) is 5.47. The number of rotatable bonds is 3. The van der Waals surface area contributed by atoms with Gasteiger partial charge >= 0.3 is 0 Å². The van der Waals surface area contributed by atoms with Gasteiger partial charge in [-0.25, -0.2) is 0 Å². The Morgan fingerprint density at radius 2 is 1.90 bits per heavy atom. The van der Waals surface area contributed by atoms with Crippen molar-refractivity contribution in [1.29, 1.82) is 0 Å². The van der Waals surface area contributed by atoms with Crippen molar-refractivity contribution in [2.24, 2.45) is 5.92 Å². The highest BCUT2D eigenvalue weighted by molar-refractivity contribution is 5.73. The molecular weight excluding hydrogens is 260 g/mol. The minimum absolute atomic E-state index is 0.199. The van der Waals surface area contributed by atoms with Crippen LogP contribution in [0.5, 0.6) is 0 Å². The van der Waals surface area contributed by atoms with E-state index in [1.807, 2.05) is 4.90 Å². The zero-order valence-corrected chi connectivity index (χ0v) is 14.0. The number of benzene rings is 1. The van der Waals surface area contributed by atoms with Gasteiger partial charge in [-0.3, -0.25) is 4.79 Å². The number of hydrogen-bond acceptors (Lipinski definition) is 2. The van der Waals surface area contributed by atoms with Gasteiger partial charge in [-0.15, -0.1) is 0 Å². The molecule has 2 atom stereocenters. The molecule has 1 aromatic carbocycles. The fourth-order valence-electron chi connectivity index (χ4n) is 3.19. The van der Waals surface area contributed by atoms with Crippen molar-refractivity contribution < 1.29 is 4.79 Å². The Kier molecular flexibility index (Phi) is 5.04. The van der Waals surface area contributed by atoms with Crippen molar-refractivity contribution >= 4 is 5.91 Å². The molecule has 2 rings (SSSR count). The van der Waals surface area contributed by atoms with E-state index in [-0.39, 0.29) is 5.91 Å². The first-order valence-corrected chi connectivity index (χ1v) is 7.94. The van der Waals surface area contributed by atoms with E-state index in [0.29, 0.717) is 12.0 Å². The Morgan fingerprint density at radius 3 is 2.52 bits per heavy atom. The van der Waals surface area contributed by atoms with Gasteiger partial charge in [0.15, 0.2) is 0 Å². The van der Waals surface area contributed by atoms with E-state index in [1.54, 1.807) is 6.92 Å². The topological polar surface area (TPSA) is 32.3 Å². The van der Waals surface area contributed by atoms with Crippen LogP contribution in [0.2, 0.25) is 0 Å². The summed E-state index contributed by atoms with van der Waals surface area (Å²) in [4.78, 5) is 13.4. The summed E-state index contributed by atoms with van der Waals surface area (Å²) in [6, 6.07) is 5.07. The first kappa shape index (κ1) is 16.0. The van der Waals surface area contributed by atoms with Gasteiger partial charge in [0.05, 0.1) is 0 Å². The van der Waals surface area contributed by atoms with Crippen molar-refractivity contribution in [2.75, 3.05) is 13.1 Å². The Hall–Kier alpha value is -1.35. The molecule has 0 spiro atoms. The number of nitrogens with one attached hydrogen (secondary N) is 1. The lowest BCUT2D eigenvalue weighted by molar-refractivity contribution is -0.130. The number of hydrogen-bond donors (Lipinski definition) is 1. The average molecular weight is 288 g/mol. The molecule has 1 aliphatic rings. The Balaban J connectivity index is 1.95. The molecule has 0 saturated carbocycles. The van der Waals surface area contributed by atoms with Crippen LogP contribution in [-0.4, -0.2) is 29.9 Å². The summed E-state index contributed by atoms with van der Waals surface area (Å²) in [5.74, 6) is 0.708. The van der Waals surface area contributed by atoms with Gasteiger partial charge in [-0.1, -0.05) is 19.1 Å².